The first-order chi connectivity index (χ1) is 6.79. The van der Waals surface area contributed by atoms with E-state index in [-0.39, 0.29) is 11.4 Å². The molecule has 0 spiro atoms. The Morgan fingerprint density at radius 2 is 2.13 bits per heavy atom. The Morgan fingerprint density at radius 3 is 2.60 bits per heavy atom. The van der Waals surface area contributed by atoms with Crippen LogP contribution in [0.5, 0.6) is 5.75 Å². The summed E-state index contributed by atoms with van der Waals surface area (Å²) in [6.45, 7) is 3.68. The van der Waals surface area contributed by atoms with Gasteiger partial charge in [0.15, 0.2) is 5.75 Å². The van der Waals surface area contributed by atoms with Crippen LogP contribution in [-0.2, 0) is 6.42 Å². The predicted molar refractivity (Wildman–Crippen MR) is 56.7 cm³/mol. The topological polar surface area (TPSA) is 89.4 Å². The molecule has 15 heavy (non-hydrogen) atoms. The molecule has 0 fully saturated rings. The Labute approximate surface area is 87.7 Å². The van der Waals surface area contributed by atoms with Gasteiger partial charge in [0.25, 0.3) is 0 Å². The van der Waals surface area contributed by atoms with Gasteiger partial charge in [-0.25, -0.2) is 0 Å². The molecule has 0 radical (unpaired) electrons. The summed E-state index contributed by atoms with van der Waals surface area (Å²) >= 11 is 0. The predicted octanol–water partition coefficient (Wildman–Crippen LogP) is 1.58. The number of phenolic OH excluding ortho intramolecular Hbond substituents is 1. The van der Waals surface area contributed by atoms with Gasteiger partial charge in [-0.2, -0.15) is 0 Å². The van der Waals surface area contributed by atoms with Crippen LogP contribution in [-0.4, -0.2) is 15.6 Å². The number of nitrogens with zero attached hydrogens (tertiary/aromatic N) is 1. The number of nitro groups is 1. The van der Waals surface area contributed by atoms with Gasteiger partial charge in [0.1, 0.15) is 0 Å². The third-order valence-corrected chi connectivity index (χ3v) is 1.90. The van der Waals surface area contributed by atoms with Crippen LogP contribution < -0.4 is 5.73 Å². The first-order valence-corrected chi connectivity index (χ1v) is 4.55. The highest BCUT2D eigenvalue weighted by atomic mass is 16.6. The first kappa shape index (κ1) is 11.5. The molecule has 1 aromatic rings. The number of rotatable bonds is 3. The summed E-state index contributed by atoms with van der Waals surface area (Å²) in [4.78, 5) is 9.95. The molecule has 0 atom stereocenters. The molecule has 0 unspecified atom stereocenters. The van der Waals surface area contributed by atoms with Gasteiger partial charge in [-0.15, -0.1) is 0 Å². The Balaban J connectivity index is 3.03. The van der Waals surface area contributed by atoms with Crippen molar-refractivity contribution >= 4 is 5.69 Å². The molecule has 5 nitrogen and oxygen atoms in total. The maximum absolute atomic E-state index is 10.6. The van der Waals surface area contributed by atoms with Gasteiger partial charge in [-0.05, 0) is 31.9 Å². The smallest absolute Gasteiger partial charge is 0.310 e. The molecule has 0 aromatic heterocycles. The van der Waals surface area contributed by atoms with E-state index >= 15 is 0 Å². The van der Waals surface area contributed by atoms with E-state index in [4.69, 9.17) is 5.73 Å². The summed E-state index contributed by atoms with van der Waals surface area (Å²) in [5, 5.41) is 19.8. The minimum Gasteiger partial charge on any atom is -0.502 e. The van der Waals surface area contributed by atoms with Gasteiger partial charge >= 0.3 is 5.69 Å². The maximum Gasteiger partial charge on any atom is 0.310 e. The monoisotopic (exact) mass is 210 g/mol. The Bertz CT molecular complexity index is 383. The fourth-order valence-corrected chi connectivity index (χ4v) is 1.35. The lowest BCUT2D eigenvalue weighted by atomic mass is 9.96. The van der Waals surface area contributed by atoms with Gasteiger partial charge in [-0.3, -0.25) is 10.1 Å². The van der Waals surface area contributed by atoms with E-state index in [0.717, 1.165) is 5.56 Å². The van der Waals surface area contributed by atoms with E-state index in [1.165, 1.54) is 12.1 Å². The number of phenols is 1. The number of nitro benzene ring substituents is 1. The normalized spacial score (nSPS) is 11.4. The number of aromatic hydroxyl groups is 1. The van der Waals surface area contributed by atoms with Gasteiger partial charge in [0.2, 0.25) is 0 Å². The molecule has 0 bridgehead atoms. The molecule has 1 rings (SSSR count). The maximum atomic E-state index is 10.6. The van der Waals surface area contributed by atoms with E-state index in [1.54, 1.807) is 6.07 Å². The summed E-state index contributed by atoms with van der Waals surface area (Å²) in [5.74, 6) is -0.321. The van der Waals surface area contributed by atoms with E-state index in [9.17, 15) is 15.2 Å². The summed E-state index contributed by atoms with van der Waals surface area (Å²) in [6, 6.07) is 4.31. The second-order valence-electron chi connectivity index (χ2n) is 4.25. The minimum atomic E-state index is -0.609. The fraction of sp³-hybridized carbons (Fsp3) is 0.400. The largest absolute Gasteiger partial charge is 0.502 e. The molecule has 82 valence electrons. The molecule has 0 heterocycles. The number of benzene rings is 1. The van der Waals surface area contributed by atoms with Gasteiger partial charge in [0, 0.05) is 11.6 Å². The summed E-state index contributed by atoms with van der Waals surface area (Å²) in [7, 11) is 0. The van der Waals surface area contributed by atoms with Crippen molar-refractivity contribution in [2.24, 2.45) is 5.73 Å². The molecule has 0 saturated heterocycles. The lowest BCUT2D eigenvalue weighted by Gasteiger charge is -2.18. The average Bonchev–Trinajstić information content (AvgIpc) is 2.05. The van der Waals surface area contributed by atoms with Crippen molar-refractivity contribution in [1.29, 1.82) is 0 Å². The zero-order chi connectivity index (χ0) is 11.6. The number of hydrogen-bond donors (Lipinski definition) is 2. The van der Waals surface area contributed by atoms with Crippen LogP contribution in [0, 0.1) is 10.1 Å². The van der Waals surface area contributed by atoms with Crippen LogP contribution in [0.25, 0.3) is 0 Å². The first-order valence-electron chi connectivity index (χ1n) is 4.55. The van der Waals surface area contributed by atoms with Crippen molar-refractivity contribution in [1.82, 2.24) is 0 Å². The lowest BCUT2D eigenvalue weighted by Crippen LogP contribution is -2.34. The second kappa shape index (κ2) is 3.86. The molecule has 0 aliphatic carbocycles. The quantitative estimate of drug-likeness (QED) is 0.585. The van der Waals surface area contributed by atoms with Crippen molar-refractivity contribution in [2.45, 2.75) is 25.8 Å². The lowest BCUT2D eigenvalue weighted by molar-refractivity contribution is -0.385. The second-order valence-corrected chi connectivity index (χ2v) is 4.25. The van der Waals surface area contributed by atoms with E-state index in [0.29, 0.717) is 6.42 Å². The number of nitrogens with two attached hydrogens (primary N) is 1. The van der Waals surface area contributed by atoms with Crippen molar-refractivity contribution in [3.8, 4) is 5.75 Å². The van der Waals surface area contributed by atoms with Crippen LogP contribution in [0.4, 0.5) is 5.69 Å². The fourth-order valence-electron chi connectivity index (χ4n) is 1.35. The highest BCUT2D eigenvalue weighted by Crippen LogP contribution is 2.27. The molecule has 1 aromatic carbocycles. The van der Waals surface area contributed by atoms with E-state index in [2.05, 4.69) is 0 Å². The Kier molecular flexibility index (Phi) is 2.95. The van der Waals surface area contributed by atoms with E-state index < -0.39 is 10.5 Å². The van der Waals surface area contributed by atoms with Crippen LogP contribution in [0.1, 0.15) is 19.4 Å². The molecular weight excluding hydrogens is 196 g/mol. The van der Waals surface area contributed by atoms with Crippen molar-refractivity contribution < 1.29 is 10.0 Å². The third-order valence-electron chi connectivity index (χ3n) is 1.90. The highest BCUT2D eigenvalue weighted by molar-refractivity contribution is 5.47. The minimum absolute atomic E-state index is 0.281. The highest BCUT2D eigenvalue weighted by Gasteiger charge is 2.17. The van der Waals surface area contributed by atoms with E-state index in [1.807, 2.05) is 13.8 Å². The summed E-state index contributed by atoms with van der Waals surface area (Å²) in [6.07, 6.45) is 0.522. The van der Waals surface area contributed by atoms with Crippen LogP contribution in [0.3, 0.4) is 0 Å². The summed E-state index contributed by atoms with van der Waals surface area (Å²) < 4.78 is 0. The zero-order valence-corrected chi connectivity index (χ0v) is 8.73. The van der Waals surface area contributed by atoms with Crippen LogP contribution in [0.15, 0.2) is 18.2 Å². The van der Waals surface area contributed by atoms with Crippen LogP contribution in [0.2, 0.25) is 0 Å². The number of hydrogen-bond acceptors (Lipinski definition) is 4. The molecule has 0 amide bonds. The molecule has 3 N–H and O–H groups in total. The zero-order valence-electron chi connectivity index (χ0n) is 8.73. The van der Waals surface area contributed by atoms with Crippen LogP contribution >= 0.6 is 0 Å². The molecule has 5 heteroatoms. The third kappa shape index (κ3) is 3.21. The van der Waals surface area contributed by atoms with Gasteiger partial charge < -0.3 is 10.8 Å². The average molecular weight is 210 g/mol. The molecule has 0 saturated carbocycles. The summed E-state index contributed by atoms with van der Waals surface area (Å²) in [5.41, 5.74) is 5.84. The SMILES string of the molecule is CC(C)(N)Cc1ccc(O)c([N+](=O)[O-])c1. The van der Waals surface area contributed by atoms with Gasteiger partial charge in [0.05, 0.1) is 4.92 Å². The van der Waals surface area contributed by atoms with Crippen molar-refractivity contribution in [3.63, 3.8) is 0 Å². The Morgan fingerprint density at radius 1 is 1.53 bits per heavy atom. The molecular formula is C10H14N2O3. The van der Waals surface area contributed by atoms with Gasteiger partial charge in [-0.1, -0.05) is 6.07 Å². The Hall–Kier alpha value is -1.62. The molecule has 0 aliphatic heterocycles. The molecule has 0 aliphatic rings. The van der Waals surface area contributed by atoms with Crippen molar-refractivity contribution in [3.05, 3.63) is 33.9 Å². The standard InChI is InChI=1S/C10H14N2O3/c1-10(2,11)6-7-3-4-9(13)8(5-7)12(14)15/h3-5,13H,6,11H2,1-2H3. The van der Waals surface area contributed by atoms with Crippen molar-refractivity contribution in [2.75, 3.05) is 0 Å².